The van der Waals surface area contributed by atoms with Gasteiger partial charge in [-0.1, -0.05) is 32.1 Å². The van der Waals surface area contributed by atoms with Crippen LogP contribution in [-0.4, -0.2) is 65.2 Å². The van der Waals surface area contributed by atoms with Crippen molar-refractivity contribution in [1.29, 1.82) is 0 Å². The molecule has 0 spiro atoms. The molecule has 0 saturated heterocycles. The van der Waals surface area contributed by atoms with E-state index in [0.717, 1.165) is 62.0 Å². The molecule has 36 heavy (non-hydrogen) atoms. The maximum atomic E-state index is 11.0. The van der Waals surface area contributed by atoms with Crippen LogP contribution >= 0.6 is 0 Å². The van der Waals surface area contributed by atoms with Gasteiger partial charge in [-0.15, -0.1) is 13.2 Å². The lowest BCUT2D eigenvalue weighted by molar-refractivity contribution is -0.134. The molecule has 3 N–H and O–H groups in total. The van der Waals surface area contributed by atoms with Crippen LogP contribution in [-0.2, 0) is 16.0 Å². The molecule has 1 aliphatic heterocycles. The number of carbonyl (C=O) groups excluding carboxylic acids is 1. The standard InChI is InChI=1S/C19H25NO3.C8H17NO2.C2H4/c1-14-19-15(12-17(21)13-18(19)22)11-16(20-2)9-7-5-3-4-6-8-10-23-14;1-3-5-9(6-4-2)8(11)7-10;1-2/h4,6-7,9,12-14,21-22H,3,5,8,10-11H2,1-2H3;10H,3-7H2,1-2H3;1-2H2/b6-4+,9-7+,20-16?;;. The summed E-state index contributed by atoms with van der Waals surface area (Å²) >= 11 is 0. The number of aromatic hydroxyl groups is 2. The maximum Gasteiger partial charge on any atom is 0.248 e. The van der Waals surface area contributed by atoms with Gasteiger partial charge in [0.1, 0.15) is 18.1 Å². The van der Waals surface area contributed by atoms with E-state index in [2.05, 4.69) is 36.4 Å². The Hall–Kier alpha value is -2.90. The molecule has 7 heteroatoms. The predicted molar refractivity (Wildman–Crippen MR) is 149 cm³/mol. The fourth-order valence-corrected chi connectivity index (χ4v) is 3.75. The van der Waals surface area contributed by atoms with E-state index in [4.69, 9.17) is 9.84 Å². The highest BCUT2D eigenvalue weighted by atomic mass is 16.5. The van der Waals surface area contributed by atoms with Crippen LogP contribution in [0.4, 0.5) is 0 Å². The molecule has 1 aliphatic rings. The van der Waals surface area contributed by atoms with Crippen molar-refractivity contribution in [3.05, 3.63) is 60.7 Å². The number of amides is 1. The highest BCUT2D eigenvalue weighted by molar-refractivity contribution is 5.96. The molecular formula is C29H46N2O5. The van der Waals surface area contributed by atoms with Gasteiger partial charge < -0.3 is 25.0 Å². The number of phenolic OH excluding ortho intramolecular Hbond substituents is 2. The average molecular weight is 503 g/mol. The monoisotopic (exact) mass is 502 g/mol. The quantitative estimate of drug-likeness (QED) is 0.461. The van der Waals surface area contributed by atoms with Crippen molar-refractivity contribution >= 4 is 11.6 Å². The number of aliphatic hydroxyl groups is 1. The number of hydrogen-bond acceptors (Lipinski definition) is 6. The first kappa shape index (κ1) is 33.1. The Bertz CT molecular complexity index is 842. The van der Waals surface area contributed by atoms with Crippen LogP contribution in [0, 0.1) is 0 Å². The number of nitrogens with zero attached hydrogens (tertiary/aromatic N) is 2. The zero-order valence-electron chi connectivity index (χ0n) is 22.6. The Balaban J connectivity index is 0.000000796. The van der Waals surface area contributed by atoms with E-state index in [1.165, 1.54) is 6.07 Å². The summed E-state index contributed by atoms with van der Waals surface area (Å²) in [5.41, 5.74) is 2.47. The summed E-state index contributed by atoms with van der Waals surface area (Å²) in [5, 5.41) is 28.6. The molecule has 1 atom stereocenters. The smallest absolute Gasteiger partial charge is 0.248 e. The van der Waals surface area contributed by atoms with E-state index in [-0.39, 0.29) is 30.1 Å². The molecule has 0 bridgehead atoms. The lowest BCUT2D eigenvalue weighted by atomic mass is 9.96. The number of allylic oxidation sites excluding steroid dienone is 3. The molecule has 1 aromatic rings. The third-order valence-corrected chi connectivity index (χ3v) is 5.40. The van der Waals surface area contributed by atoms with Crippen molar-refractivity contribution in [3.63, 3.8) is 0 Å². The van der Waals surface area contributed by atoms with E-state index in [9.17, 15) is 15.0 Å². The fraction of sp³-hybridized carbons (Fsp3) is 0.517. The van der Waals surface area contributed by atoms with Gasteiger partial charge in [0.15, 0.2) is 0 Å². The first-order chi connectivity index (χ1) is 17.4. The second kappa shape index (κ2) is 20.3. The van der Waals surface area contributed by atoms with Crippen LogP contribution in [0.5, 0.6) is 11.5 Å². The lowest BCUT2D eigenvalue weighted by Gasteiger charge is -2.19. The van der Waals surface area contributed by atoms with Gasteiger partial charge in [-0.3, -0.25) is 9.79 Å². The van der Waals surface area contributed by atoms with Gasteiger partial charge >= 0.3 is 0 Å². The molecule has 1 heterocycles. The van der Waals surface area contributed by atoms with E-state index in [1.807, 2.05) is 26.8 Å². The molecule has 0 fully saturated rings. The van der Waals surface area contributed by atoms with Crippen LogP contribution in [0.1, 0.15) is 70.1 Å². The highest BCUT2D eigenvalue weighted by Gasteiger charge is 2.18. The van der Waals surface area contributed by atoms with Crippen LogP contribution in [0.25, 0.3) is 0 Å². The number of phenols is 2. The number of carbonyl (C=O) groups is 1. The summed E-state index contributed by atoms with van der Waals surface area (Å²) in [4.78, 5) is 17.0. The van der Waals surface area contributed by atoms with Gasteiger partial charge in [0, 0.05) is 43.9 Å². The Kier molecular flexibility index (Phi) is 18.7. The number of rotatable bonds is 5. The van der Waals surface area contributed by atoms with Gasteiger partial charge in [-0.05, 0) is 56.7 Å². The van der Waals surface area contributed by atoms with Gasteiger partial charge in [0.05, 0.1) is 12.7 Å². The number of hydrogen-bond donors (Lipinski definition) is 3. The Morgan fingerprint density at radius 2 is 1.69 bits per heavy atom. The third kappa shape index (κ3) is 12.7. The molecule has 0 aromatic heterocycles. The minimum atomic E-state index is -0.361. The minimum absolute atomic E-state index is 0.0527. The third-order valence-electron chi connectivity index (χ3n) is 5.40. The van der Waals surface area contributed by atoms with Crippen LogP contribution < -0.4 is 0 Å². The summed E-state index contributed by atoms with van der Waals surface area (Å²) in [6.07, 6.45) is 13.4. The average Bonchev–Trinajstić information content (AvgIpc) is 2.87. The van der Waals surface area contributed by atoms with E-state index >= 15 is 0 Å². The summed E-state index contributed by atoms with van der Waals surface area (Å²) in [6.45, 7) is 13.7. The molecule has 1 amide bonds. The van der Waals surface area contributed by atoms with Crippen molar-refractivity contribution < 1.29 is 24.9 Å². The fourth-order valence-electron chi connectivity index (χ4n) is 3.75. The van der Waals surface area contributed by atoms with Crippen LogP contribution in [0.2, 0.25) is 0 Å². The van der Waals surface area contributed by atoms with Gasteiger partial charge in [-0.25, -0.2) is 0 Å². The van der Waals surface area contributed by atoms with E-state index in [0.29, 0.717) is 13.0 Å². The molecule has 1 aromatic carbocycles. The number of ether oxygens (including phenoxy) is 1. The molecule has 0 radical (unpaired) electrons. The van der Waals surface area contributed by atoms with Crippen LogP contribution in [0.15, 0.2) is 54.6 Å². The number of aliphatic hydroxyl groups excluding tert-OH is 1. The Labute approximate surface area is 217 Å². The first-order valence-corrected chi connectivity index (χ1v) is 12.7. The zero-order chi connectivity index (χ0) is 27.3. The van der Waals surface area contributed by atoms with Crippen molar-refractivity contribution in [3.8, 4) is 11.5 Å². The largest absolute Gasteiger partial charge is 0.508 e. The zero-order valence-corrected chi connectivity index (χ0v) is 22.6. The van der Waals surface area contributed by atoms with Crippen molar-refractivity contribution in [2.45, 2.75) is 65.4 Å². The molecule has 202 valence electrons. The van der Waals surface area contributed by atoms with Gasteiger partial charge in [0.2, 0.25) is 5.91 Å². The summed E-state index contributed by atoms with van der Waals surface area (Å²) in [5.74, 6) is -0.0415. The van der Waals surface area contributed by atoms with Crippen LogP contribution in [0.3, 0.4) is 0 Å². The van der Waals surface area contributed by atoms with Crippen molar-refractivity contribution in [1.82, 2.24) is 4.90 Å². The molecule has 2 rings (SSSR count). The van der Waals surface area contributed by atoms with E-state index in [1.54, 1.807) is 18.0 Å². The minimum Gasteiger partial charge on any atom is -0.508 e. The Morgan fingerprint density at radius 1 is 1.08 bits per heavy atom. The van der Waals surface area contributed by atoms with Gasteiger partial charge in [-0.2, -0.15) is 0 Å². The second-order valence-corrected chi connectivity index (χ2v) is 8.22. The summed E-state index contributed by atoms with van der Waals surface area (Å²) < 4.78 is 5.85. The molecule has 7 nitrogen and oxygen atoms in total. The normalized spacial score (nSPS) is 18.8. The van der Waals surface area contributed by atoms with Crippen molar-refractivity contribution in [2.75, 3.05) is 33.4 Å². The number of aliphatic imine (C=N–C) groups is 1. The topological polar surface area (TPSA) is 103 Å². The predicted octanol–water partition coefficient (Wildman–Crippen LogP) is 5.51. The summed E-state index contributed by atoms with van der Waals surface area (Å²) in [6, 6.07) is 3.04. The summed E-state index contributed by atoms with van der Waals surface area (Å²) in [7, 11) is 1.75. The molecule has 0 saturated carbocycles. The maximum absolute atomic E-state index is 11.0. The molecular weight excluding hydrogens is 456 g/mol. The molecule has 0 aliphatic carbocycles. The lowest BCUT2D eigenvalue weighted by Crippen LogP contribution is -2.34. The van der Waals surface area contributed by atoms with Crippen molar-refractivity contribution in [2.24, 2.45) is 4.99 Å². The Morgan fingerprint density at radius 3 is 2.28 bits per heavy atom. The number of benzene rings is 1. The van der Waals surface area contributed by atoms with E-state index < -0.39 is 0 Å². The second-order valence-electron chi connectivity index (χ2n) is 8.22. The van der Waals surface area contributed by atoms with Gasteiger partial charge in [0.25, 0.3) is 0 Å². The highest BCUT2D eigenvalue weighted by Crippen LogP contribution is 2.34. The number of fused-ring (bicyclic) bond motifs is 1. The first-order valence-electron chi connectivity index (χ1n) is 12.7. The molecule has 1 unspecified atom stereocenters. The SMILES string of the molecule is C=C.CCCN(CCC)C(=O)CO.CN=C1/C=C/CC/C=C/CCOC(C)c2c(O)cc(O)cc2C1.